The van der Waals surface area contributed by atoms with Gasteiger partial charge in [0.25, 0.3) is 5.91 Å². The number of nitrogens with one attached hydrogen (secondary N) is 1. The zero-order valence-electron chi connectivity index (χ0n) is 9.09. The van der Waals surface area contributed by atoms with E-state index in [-0.39, 0.29) is 0 Å². The fraction of sp³-hybridized carbons (Fsp3) is 0.364. The molecule has 0 saturated carbocycles. The highest BCUT2D eigenvalue weighted by molar-refractivity contribution is 5.80. The number of carbonyl (C=O) groups is 1. The van der Waals surface area contributed by atoms with Gasteiger partial charge in [0.2, 0.25) is 0 Å². The summed E-state index contributed by atoms with van der Waals surface area (Å²) >= 11 is 0. The Hall–Kier alpha value is -1.43. The maximum Gasteiger partial charge on any atom is 0.273 e. The van der Waals surface area contributed by atoms with Crippen molar-refractivity contribution < 1.29 is 14.7 Å². The lowest BCUT2D eigenvalue weighted by atomic mass is 10.0. The van der Waals surface area contributed by atoms with Gasteiger partial charge in [0.1, 0.15) is 6.10 Å². The Morgan fingerprint density at radius 3 is 2.69 bits per heavy atom. The molecule has 4 N–H and O–H groups in total. The summed E-state index contributed by atoms with van der Waals surface area (Å²) in [7, 11) is 1.30. The number of rotatable bonds is 5. The first kappa shape index (κ1) is 12.6. The minimum Gasteiger partial charge on any atom is -0.382 e. The van der Waals surface area contributed by atoms with Gasteiger partial charge in [-0.2, -0.15) is 0 Å². The normalized spacial score (nSPS) is 14.2. The van der Waals surface area contributed by atoms with Gasteiger partial charge in [-0.3, -0.25) is 9.63 Å². The highest BCUT2D eigenvalue weighted by Gasteiger charge is 2.22. The number of hydroxylamine groups is 1. The van der Waals surface area contributed by atoms with Crippen molar-refractivity contribution in [3.05, 3.63) is 35.9 Å². The van der Waals surface area contributed by atoms with E-state index in [9.17, 15) is 9.90 Å². The van der Waals surface area contributed by atoms with E-state index in [1.165, 1.54) is 7.11 Å². The van der Waals surface area contributed by atoms with Gasteiger partial charge in [-0.05, 0) is 12.0 Å². The highest BCUT2D eigenvalue weighted by Crippen LogP contribution is 2.04. The maximum absolute atomic E-state index is 11.2. The second-order valence-corrected chi connectivity index (χ2v) is 3.47. The Morgan fingerprint density at radius 2 is 2.12 bits per heavy atom. The first-order valence-electron chi connectivity index (χ1n) is 4.95. The van der Waals surface area contributed by atoms with Crippen LogP contribution in [-0.2, 0) is 16.1 Å². The minimum absolute atomic E-state index is 0.430. The average Bonchev–Trinajstić information content (AvgIpc) is 2.29. The van der Waals surface area contributed by atoms with Crippen molar-refractivity contribution in [2.75, 3.05) is 7.11 Å². The van der Waals surface area contributed by atoms with Gasteiger partial charge < -0.3 is 10.8 Å². The molecule has 0 heterocycles. The molecular weight excluding hydrogens is 208 g/mol. The van der Waals surface area contributed by atoms with Crippen LogP contribution in [0.3, 0.4) is 0 Å². The molecule has 0 saturated heterocycles. The second-order valence-electron chi connectivity index (χ2n) is 3.47. The van der Waals surface area contributed by atoms with Crippen molar-refractivity contribution in [2.24, 2.45) is 5.73 Å². The van der Waals surface area contributed by atoms with Crippen LogP contribution in [-0.4, -0.2) is 30.3 Å². The van der Waals surface area contributed by atoms with Crippen LogP contribution in [0.1, 0.15) is 5.56 Å². The number of nitrogens with two attached hydrogens (primary N) is 1. The molecular formula is C11H16N2O3. The number of aliphatic hydroxyl groups excluding tert-OH is 1. The zero-order valence-corrected chi connectivity index (χ0v) is 9.09. The molecule has 1 aromatic rings. The molecule has 0 aliphatic carbocycles. The van der Waals surface area contributed by atoms with Crippen LogP contribution in [0.2, 0.25) is 0 Å². The van der Waals surface area contributed by atoms with Crippen molar-refractivity contribution in [2.45, 2.75) is 18.6 Å². The third kappa shape index (κ3) is 3.62. The summed E-state index contributed by atoms with van der Waals surface area (Å²) in [6, 6.07) is 8.77. The predicted molar refractivity (Wildman–Crippen MR) is 59.3 cm³/mol. The van der Waals surface area contributed by atoms with Crippen LogP contribution < -0.4 is 11.2 Å². The molecule has 0 aliphatic heterocycles. The van der Waals surface area contributed by atoms with E-state index in [0.29, 0.717) is 6.42 Å². The first-order valence-corrected chi connectivity index (χ1v) is 4.95. The Morgan fingerprint density at radius 1 is 1.50 bits per heavy atom. The van der Waals surface area contributed by atoms with Gasteiger partial charge >= 0.3 is 0 Å². The molecule has 0 bridgehead atoms. The summed E-state index contributed by atoms with van der Waals surface area (Å²) < 4.78 is 0. The van der Waals surface area contributed by atoms with Crippen molar-refractivity contribution in [3.8, 4) is 0 Å². The molecule has 0 fully saturated rings. The van der Waals surface area contributed by atoms with Crippen LogP contribution in [0.25, 0.3) is 0 Å². The minimum atomic E-state index is -1.28. The quantitative estimate of drug-likeness (QED) is 0.594. The van der Waals surface area contributed by atoms with Gasteiger partial charge in [-0.25, -0.2) is 5.48 Å². The number of hydrogen-bond donors (Lipinski definition) is 3. The molecule has 2 unspecified atom stereocenters. The van der Waals surface area contributed by atoms with E-state index >= 15 is 0 Å². The van der Waals surface area contributed by atoms with Gasteiger partial charge in [0.15, 0.2) is 0 Å². The van der Waals surface area contributed by atoms with E-state index in [2.05, 4.69) is 4.84 Å². The molecule has 0 aromatic heterocycles. The SMILES string of the molecule is CONC(=O)C(O)C(N)Cc1ccccc1. The van der Waals surface area contributed by atoms with Gasteiger partial charge in [0.05, 0.1) is 7.11 Å². The Balaban J connectivity index is 2.52. The van der Waals surface area contributed by atoms with E-state index < -0.39 is 18.1 Å². The molecule has 2 atom stereocenters. The number of carbonyl (C=O) groups excluding carboxylic acids is 1. The van der Waals surface area contributed by atoms with Crippen LogP contribution >= 0.6 is 0 Å². The summed E-state index contributed by atoms with van der Waals surface area (Å²) in [5, 5.41) is 9.56. The van der Waals surface area contributed by atoms with E-state index in [1.54, 1.807) is 0 Å². The number of amides is 1. The van der Waals surface area contributed by atoms with Crippen LogP contribution in [0.4, 0.5) is 0 Å². The fourth-order valence-corrected chi connectivity index (χ4v) is 1.35. The lowest BCUT2D eigenvalue weighted by Crippen LogP contribution is -2.47. The third-order valence-corrected chi connectivity index (χ3v) is 2.19. The third-order valence-electron chi connectivity index (χ3n) is 2.19. The topological polar surface area (TPSA) is 84.6 Å². The lowest BCUT2D eigenvalue weighted by Gasteiger charge is -2.17. The van der Waals surface area contributed by atoms with Crippen molar-refractivity contribution in [1.29, 1.82) is 0 Å². The maximum atomic E-state index is 11.2. The monoisotopic (exact) mass is 224 g/mol. The van der Waals surface area contributed by atoms with Gasteiger partial charge in [-0.1, -0.05) is 30.3 Å². The van der Waals surface area contributed by atoms with Crippen molar-refractivity contribution in [1.82, 2.24) is 5.48 Å². The molecule has 0 aliphatic rings. The Kier molecular flexibility index (Phi) is 4.91. The Bertz CT molecular complexity index is 329. The summed E-state index contributed by atoms with van der Waals surface area (Å²) in [5.74, 6) is -0.633. The van der Waals surface area contributed by atoms with Gasteiger partial charge in [0, 0.05) is 6.04 Å². The first-order chi connectivity index (χ1) is 7.65. The predicted octanol–water partition coefficient (Wildman–Crippen LogP) is -0.405. The molecule has 16 heavy (non-hydrogen) atoms. The van der Waals surface area contributed by atoms with Crippen LogP contribution in [0.5, 0.6) is 0 Å². The number of aliphatic hydroxyl groups is 1. The smallest absolute Gasteiger partial charge is 0.273 e. The fourth-order valence-electron chi connectivity index (χ4n) is 1.35. The molecule has 0 radical (unpaired) electrons. The summed E-state index contributed by atoms with van der Waals surface area (Å²) in [5.41, 5.74) is 8.73. The Labute approximate surface area is 94.2 Å². The molecule has 5 heteroatoms. The second kappa shape index (κ2) is 6.22. The molecule has 1 aromatic carbocycles. The summed E-state index contributed by atoms with van der Waals surface area (Å²) in [6.07, 6.45) is -0.848. The molecule has 1 rings (SSSR count). The van der Waals surface area contributed by atoms with Crippen LogP contribution in [0, 0.1) is 0 Å². The van der Waals surface area contributed by atoms with E-state index in [0.717, 1.165) is 5.56 Å². The highest BCUT2D eigenvalue weighted by atomic mass is 16.6. The lowest BCUT2D eigenvalue weighted by molar-refractivity contribution is -0.141. The van der Waals surface area contributed by atoms with Crippen molar-refractivity contribution in [3.63, 3.8) is 0 Å². The largest absolute Gasteiger partial charge is 0.382 e. The number of hydrogen-bond acceptors (Lipinski definition) is 4. The molecule has 0 spiro atoms. The molecule has 5 nitrogen and oxygen atoms in total. The van der Waals surface area contributed by atoms with Crippen molar-refractivity contribution >= 4 is 5.91 Å². The standard InChI is InChI=1S/C11H16N2O3/c1-16-13-11(15)10(14)9(12)7-8-5-3-2-4-6-8/h2-6,9-10,14H,7,12H2,1H3,(H,13,15). The molecule has 88 valence electrons. The summed E-state index contributed by atoms with van der Waals surface area (Å²) in [4.78, 5) is 15.6. The van der Waals surface area contributed by atoms with Gasteiger partial charge in [-0.15, -0.1) is 0 Å². The summed E-state index contributed by atoms with van der Waals surface area (Å²) in [6.45, 7) is 0. The van der Waals surface area contributed by atoms with Crippen LogP contribution in [0.15, 0.2) is 30.3 Å². The zero-order chi connectivity index (χ0) is 12.0. The van der Waals surface area contributed by atoms with E-state index in [1.807, 2.05) is 35.8 Å². The van der Waals surface area contributed by atoms with E-state index in [4.69, 9.17) is 5.73 Å². The number of benzene rings is 1. The molecule has 1 amide bonds. The average molecular weight is 224 g/mol.